The zero-order valence-corrected chi connectivity index (χ0v) is 12.7. The lowest BCUT2D eigenvalue weighted by Crippen LogP contribution is -2.31. The Balaban J connectivity index is 2.06. The number of benzene rings is 1. The third kappa shape index (κ3) is 3.44. The van der Waals surface area contributed by atoms with Crippen LogP contribution in [0, 0.1) is 18.7 Å². The number of rotatable bonds is 5. The second kappa shape index (κ2) is 6.60. The van der Waals surface area contributed by atoms with Crippen LogP contribution in [-0.2, 0) is 9.53 Å². The first-order valence-corrected chi connectivity index (χ1v) is 7.01. The molecule has 0 unspecified atom stereocenters. The highest BCUT2D eigenvalue weighted by molar-refractivity contribution is 5.96. The van der Waals surface area contributed by atoms with Crippen LogP contribution >= 0.6 is 0 Å². The molecule has 22 heavy (non-hydrogen) atoms. The SMILES string of the molecule is Cc1c(C(=O)OCC(=O)NCC(C)C)oc2c(F)cccc12. The number of hydrogen-bond acceptors (Lipinski definition) is 4. The van der Waals surface area contributed by atoms with Crippen molar-refractivity contribution >= 4 is 22.8 Å². The zero-order valence-electron chi connectivity index (χ0n) is 12.7. The van der Waals surface area contributed by atoms with Crippen molar-refractivity contribution < 1.29 is 23.1 Å². The Labute approximate surface area is 127 Å². The molecule has 118 valence electrons. The molecular formula is C16H18FNO4. The zero-order chi connectivity index (χ0) is 16.3. The summed E-state index contributed by atoms with van der Waals surface area (Å²) >= 11 is 0. The molecule has 1 amide bonds. The molecular weight excluding hydrogens is 289 g/mol. The molecule has 0 aliphatic rings. The van der Waals surface area contributed by atoms with E-state index in [0.717, 1.165) is 0 Å². The highest BCUT2D eigenvalue weighted by Crippen LogP contribution is 2.27. The Morgan fingerprint density at radius 3 is 2.73 bits per heavy atom. The number of halogens is 1. The monoisotopic (exact) mass is 307 g/mol. The van der Waals surface area contributed by atoms with E-state index in [2.05, 4.69) is 5.32 Å². The van der Waals surface area contributed by atoms with Gasteiger partial charge in [0.25, 0.3) is 5.91 Å². The molecule has 0 bridgehead atoms. The third-order valence-electron chi connectivity index (χ3n) is 3.14. The van der Waals surface area contributed by atoms with Gasteiger partial charge in [-0.15, -0.1) is 0 Å². The molecule has 0 aliphatic heterocycles. The number of para-hydroxylation sites is 1. The van der Waals surface area contributed by atoms with Gasteiger partial charge in [-0.1, -0.05) is 26.0 Å². The molecule has 2 rings (SSSR count). The van der Waals surface area contributed by atoms with Crippen LogP contribution in [0.2, 0.25) is 0 Å². The van der Waals surface area contributed by atoms with Crippen molar-refractivity contribution in [3.63, 3.8) is 0 Å². The second-order valence-corrected chi connectivity index (χ2v) is 5.45. The van der Waals surface area contributed by atoms with Crippen LogP contribution in [0.5, 0.6) is 0 Å². The fourth-order valence-electron chi connectivity index (χ4n) is 1.97. The standard InChI is InChI=1S/C16H18FNO4/c1-9(2)7-18-13(19)8-21-16(20)14-10(3)11-5-4-6-12(17)15(11)22-14/h4-6,9H,7-8H2,1-3H3,(H,18,19). The van der Waals surface area contributed by atoms with Crippen molar-refractivity contribution in [3.8, 4) is 0 Å². The summed E-state index contributed by atoms with van der Waals surface area (Å²) in [5.41, 5.74) is 0.498. The van der Waals surface area contributed by atoms with Crippen molar-refractivity contribution in [2.75, 3.05) is 13.2 Å². The number of nitrogens with one attached hydrogen (secondary N) is 1. The Hall–Kier alpha value is -2.37. The largest absolute Gasteiger partial charge is 0.450 e. The van der Waals surface area contributed by atoms with Crippen molar-refractivity contribution in [1.82, 2.24) is 5.32 Å². The van der Waals surface area contributed by atoms with Gasteiger partial charge >= 0.3 is 5.97 Å². The second-order valence-electron chi connectivity index (χ2n) is 5.45. The van der Waals surface area contributed by atoms with Crippen LogP contribution in [0.15, 0.2) is 22.6 Å². The van der Waals surface area contributed by atoms with Crippen LogP contribution in [-0.4, -0.2) is 25.0 Å². The van der Waals surface area contributed by atoms with E-state index < -0.39 is 18.4 Å². The maximum atomic E-state index is 13.6. The smallest absolute Gasteiger partial charge is 0.375 e. The van der Waals surface area contributed by atoms with Gasteiger partial charge in [0, 0.05) is 17.5 Å². The Morgan fingerprint density at radius 2 is 2.09 bits per heavy atom. The van der Waals surface area contributed by atoms with E-state index >= 15 is 0 Å². The van der Waals surface area contributed by atoms with Crippen molar-refractivity contribution in [2.45, 2.75) is 20.8 Å². The molecule has 1 aromatic heterocycles. The van der Waals surface area contributed by atoms with Gasteiger partial charge in [0.05, 0.1) is 0 Å². The van der Waals surface area contributed by atoms with E-state index in [4.69, 9.17) is 9.15 Å². The van der Waals surface area contributed by atoms with Gasteiger partial charge in [-0.05, 0) is 18.9 Å². The fraction of sp³-hybridized carbons (Fsp3) is 0.375. The van der Waals surface area contributed by atoms with E-state index in [1.165, 1.54) is 12.1 Å². The number of aryl methyl sites for hydroxylation is 1. The molecule has 2 aromatic rings. The Bertz CT molecular complexity index is 705. The highest BCUT2D eigenvalue weighted by Gasteiger charge is 2.21. The molecule has 1 heterocycles. The number of furan rings is 1. The molecule has 0 saturated carbocycles. The number of ether oxygens (including phenoxy) is 1. The minimum atomic E-state index is -0.784. The normalized spacial score (nSPS) is 11.0. The van der Waals surface area contributed by atoms with Gasteiger partial charge in [0.15, 0.2) is 18.0 Å². The Kier molecular flexibility index (Phi) is 4.80. The van der Waals surface area contributed by atoms with Crippen LogP contribution < -0.4 is 5.32 Å². The predicted octanol–water partition coefficient (Wildman–Crippen LogP) is 2.81. The molecule has 0 atom stereocenters. The van der Waals surface area contributed by atoms with E-state index in [0.29, 0.717) is 23.4 Å². The molecule has 0 radical (unpaired) electrons. The first-order chi connectivity index (χ1) is 10.4. The Morgan fingerprint density at radius 1 is 1.36 bits per heavy atom. The van der Waals surface area contributed by atoms with Crippen LogP contribution in [0.25, 0.3) is 11.0 Å². The maximum Gasteiger partial charge on any atom is 0.375 e. The van der Waals surface area contributed by atoms with E-state index in [9.17, 15) is 14.0 Å². The predicted molar refractivity (Wildman–Crippen MR) is 79.0 cm³/mol. The van der Waals surface area contributed by atoms with Crippen molar-refractivity contribution in [2.24, 2.45) is 5.92 Å². The molecule has 0 spiro atoms. The number of fused-ring (bicyclic) bond motifs is 1. The molecule has 0 saturated heterocycles. The number of hydrogen-bond donors (Lipinski definition) is 1. The molecule has 1 aromatic carbocycles. The number of carbonyl (C=O) groups excluding carboxylic acids is 2. The topological polar surface area (TPSA) is 68.5 Å². The summed E-state index contributed by atoms with van der Waals surface area (Å²) in [6, 6.07) is 4.44. The summed E-state index contributed by atoms with van der Waals surface area (Å²) in [6.07, 6.45) is 0. The lowest BCUT2D eigenvalue weighted by Gasteiger charge is -2.07. The summed E-state index contributed by atoms with van der Waals surface area (Å²) in [7, 11) is 0. The van der Waals surface area contributed by atoms with E-state index in [1.807, 2.05) is 13.8 Å². The minimum absolute atomic E-state index is 0.0104. The lowest BCUT2D eigenvalue weighted by molar-refractivity contribution is -0.124. The third-order valence-corrected chi connectivity index (χ3v) is 3.14. The minimum Gasteiger partial charge on any atom is -0.450 e. The van der Waals surface area contributed by atoms with Gasteiger partial charge in [-0.3, -0.25) is 4.79 Å². The van der Waals surface area contributed by atoms with Gasteiger partial charge in [-0.2, -0.15) is 0 Å². The molecule has 6 heteroatoms. The summed E-state index contributed by atoms with van der Waals surface area (Å²) in [4.78, 5) is 23.5. The number of carbonyl (C=O) groups is 2. The first-order valence-electron chi connectivity index (χ1n) is 7.01. The summed E-state index contributed by atoms with van der Waals surface area (Å²) in [5, 5.41) is 3.14. The first kappa shape index (κ1) is 16.0. The van der Waals surface area contributed by atoms with E-state index in [1.54, 1.807) is 13.0 Å². The van der Waals surface area contributed by atoms with Crippen molar-refractivity contribution in [1.29, 1.82) is 0 Å². The average Bonchev–Trinajstić information content (AvgIpc) is 2.81. The van der Waals surface area contributed by atoms with Crippen LogP contribution in [0.4, 0.5) is 4.39 Å². The molecule has 1 N–H and O–H groups in total. The summed E-state index contributed by atoms with van der Waals surface area (Å²) in [5.74, 6) is -1.50. The molecule has 5 nitrogen and oxygen atoms in total. The quantitative estimate of drug-likeness (QED) is 0.862. The van der Waals surface area contributed by atoms with Gasteiger partial charge < -0.3 is 14.5 Å². The number of amides is 1. The van der Waals surface area contributed by atoms with Crippen LogP contribution in [0.1, 0.15) is 30.0 Å². The highest BCUT2D eigenvalue weighted by atomic mass is 19.1. The summed E-state index contributed by atoms with van der Waals surface area (Å²) < 4.78 is 23.8. The van der Waals surface area contributed by atoms with Crippen molar-refractivity contribution in [3.05, 3.63) is 35.3 Å². The average molecular weight is 307 g/mol. The summed E-state index contributed by atoms with van der Waals surface area (Å²) in [6.45, 7) is 5.66. The molecule has 0 fully saturated rings. The lowest BCUT2D eigenvalue weighted by atomic mass is 10.1. The van der Waals surface area contributed by atoms with Crippen LogP contribution in [0.3, 0.4) is 0 Å². The number of esters is 1. The van der Waals surface area contributed by atoms with Gasteiger partial charge in [-0.25, -0.2) is 9.18 Å². The molecule has 0 aliphatic carbocycles. The van der Waals surface area contributed by atoms with Gasteiger partial charge in [0.1, 0.15) is 0 Å². The fourth-order valence-corrected chi connectivity index (χ4v) is 1.97. The van der Waals surface area contributed by atoms with Gasteiger partial charge in [0.2, 0.25) is 5.76 Å². The van der Waals surface area contributed by atoms with E-state index in [-0.39, 0.29) is 17.3 Å². The maximum absolute atomic E-state index is 13.6.